The third-order valence-corrected chi connectivity index (χ3v) is 8.49. The molecule has 0 aliphatic heterocycles. The van der Waals surface area contributed by atoms with Crippen LogP contribution in [-0.4, -0.2) is 31.4 Å². The smallest absolute Gasteiger partial charge is 0.269 e. The van der Waals surface area contributed by atoms with Crippen molar-refractivity contribution < 1.29 is 27.4 Å². The number of rotatable bonds is 13. The normalized spacial score (nSPS) is 12.0. The van der Waals surface area contributed by atoms with Gasteiger partial charge in [0.1, 0.15) is 17.3 Å². The number of hydrogen-bond donors (Lipinski definition) is 2. The molecule has 226 valence electrons. The summed E-state index contributed by atoms with van der Waals surface area (Å²) in [5, 5.41) is 20.2. The number of non-ortho nitro benzene ring substituents is 1. The number of fused-ring (bicyclic) bond motifs is 1. The molecular formula is C32H30N4O7S. The van der Waals surface area contributed by atoms with Gasteiger partial charge in [-0.05, 0) is 71.6 Å². The van der Waals surface area contributed by atoms with Crippen molar-refractivity contribution in [3.05, 3.63) is 118 Å². The minimum Gasteiger partial charge on any atom is -0.497 e. The van der Waals surface area contributed by atoms with E-state index < -0.39 is 21.0 Å². The predicted molar refractivity (Wildman–Crippen MR) is 166 cm³/mol. The second-order valence-electron chi connectivity index (χ2n) is 10.3. The van der Waals surface area contributed by atoms with E-state index >= 15 is 0 Å². The molecule has 12 heteroatoms. The number of ether oxygens (including phenoxy) is 1. The molecule has 2 N–H and O–H groups in total. The predicted octanol–water partition coefficient (Wildman–Crippen LogP) is 6.60. The fourth-order valence-electron chi connectivity index (χ4n) is 4.79. The third kappa shape index (κ3) is 7.39. The topological polar surface area (TPSA) is 154 Å². The fraction of sp³-hybridized carbons (Fsp3) is 0.188. The van der Waals surface area contributed by atoms with E-state index in [4.69, 9.17) is 9.26 Å². The van der Waals surface area contributed by atoms with Crippen molar-refractivity contribution in [2.24, 2.45) is 0 Å². The van der Waals surface area contributed by atoms with Crippen LogP contribution in [0.2, 0.25) is 0 Å². The van der Waals surface area contributed by atoms with Crippen LogP contribution in [0, 0.1) is 17.0 Å². The van der Waals surface area contributed by atoms with Gasteiger partial charge in [-0.15, -0.1) is 0 Å². The molecule has 4 aromatic carbocycles. The van der Waals surface area contributed by atoms with Gasteiger partial charge in [0.05, 0.1) is 23.0 Å². The average Bonchev–Trinajstić information content (AvgIpc) is 3.43. The van der Waals surface area contributed by atoms with Crippen LogP contribution in [-0.2, 0) is 21.2 Å². The summed E-state index contributed by atoms with van der Waals surface area (Å²) in [5.41, 5.74) is 2.23. The molecule has 0 spiro atoms. The highest BCUT2D eigenvalue weighted by molar-refractivity contribution is 7.92. The van der Waals surface area contributed by atoms with E-state index in [1.165, 1.54) is 30.3 Å². The molecule has 1 heterocycles. The lowest BCUT2D eigenvalue weighted by Crippen LogP contribution is -2.16. The minimum atomic E-state index is -3.90. The molecule has 5 aromatic rings. The number of carbonyl (C=O) groups excluding carboxylic acids is 1. The Morgan fingerprint density at radius 3 is 2.34 bits per heavy atom. The molecule has 0 radical (unpaired) electrons. The summed E-state index contributed by atoms with van der Waals surface area (Å²) in [4.78, 5) is 23.9. The van der Waals surface area contributed by atoms with Gasteiger partial charge in [0.15, 0.2) is 5.82 Å². The fourth-order valence-corrected chi connectivity index (χ4v) is 5.78. The summed E-state index contributed by atoms with van der Waals surface area (Å²) in [7, 11) is -2.28. The second-order valence-corrected chi connectivity index (χ2v) is 12.0. The molecule has 1 unspecified atom stereocenters. The van der Waals surface area contributed by atoms with Crippen LogP contribution < -0.4 is 14.8 Å². The van der Waals surface area contributed by atoms with Gasteiger partial charge in [-0.25, -0.2) is 8.42 Å². The van der Waals surface area contributed by atoms with E-state index in [2.05, 4.69) is 21.3 Å². The number of nitrogens with zero attached hydrogens (tertiary/aromatic N) is 2. The third-order valence-electron chi connectivity index (χ3n) is 7.11. The maximum atomic E-state index is 13.2. The number of ketones is 1. The SMILES string of the molecule is COc1ccc2cc(CCC(=O)CC(Nc3ccc(S(=O)(=O)Nc4cc(C)on4)cc3)c3ccc([N+](=O)[O-])cc3)ccc2c1. The lowest BCUT2D eigenvalue weighted by Gasteiger charge is -2.20. The Bertz CT molecular complexity index is 1900. The van der Waals surface area contributed by atoms with Gasteiger partial charge in [-0.3, -0.25) is 19.6 Å². The molecule has 0 fully saturated rings. The molecule has 1 atom stereocenters. The van der Waals surface area contributed by atoms with E-state index in [1.807, 2.05) is 30.3 Å². The van der Waals surface area contributed by atoms with Gasteiger partial charge in [-0.1, -0.05) is 41.6 Å². The van der Waals surface area contributed by atoms with Crippen LogP contribution in [0.15, 0.2) is 100 Å². The van der Waals surface area contributed by atoms with Gasteiger partial charge in [-0.2, -0.15) is 0 Å². The molecule has 0 amide bonds. The number of benzene rings is 4. The summed E-state index contributed by atoms with van der Waals surface area (Å²) in [6.45, 7) is 1.65. The average molecular weight is 615 g/mol. The van der Waals surface area contributed by atoms with Crippen molar-refractivity contribution in [2.75, 3.05) is 17.1 Å². The summed E-state index contributed by atoms with van der Waals surface area (Å²) in [6.07, 6.45) is 0.977. The number of anilines is 2. The number of methoxy groups -OCH3 is 1. The zero-order chi connectivity index (χ0) is 31.3. The van der Waals surface area contributed by atoms with Crippen molar-refractivity contribution in [1.29, 1.82) is 0 Å². The number of carbonyl (C=O) groups is 1. The van der Waals surface area contributed by atoms with E-state index in [0.717, 1.165) is 22.1 Å². The number of nitro groups is 1. The zero-order valence-electron chi connectivity index (χ0n) is 24.0. The number of nitrogens with one attached hydrogen (secondary N) is 2. The molecule has 1 aromatic heterocycles. The van der Waals surface area contributed by atoms with Crippen LogP contribution in [0.5, 0.6) is 5.75 Å². The number of Topliss-reactive ketones (excluding diaryl/α,β-unsaturated/α-hetero) is 1. The highest BCUT2D eigenvalue weighted by Crippen LogP contribution is 2.28. The maximum Gasteiger partial charge on any atom is 0.269 e. The Labute approximate surface area is 254 Å². The van der Waals surface area contributed by atoms with Crippen LogP contribution >= 0.6 is 0 Å². The van der Waals surface area contributed by atoms with Crippen molar-refractivity contribution >= 4 is 43.8 Å². The van der Waals surface area contributed by atoms with Crippen LogP contribution in [0.4, 0.5) is 17.2 Å². The molecule has 0 aliphatic rings. The highest BCUT2D eigenvalue weighted by Gasteiger charge is 2.20. The largest absolute Gasteiger partial charge is 0.497 e. The Morgan fingerprint density at radius 1 is 0.977 bits per heavy atom. The van der Waals surface area contributed by atoms with Crippen molar-refractivity contribution in [3.8, 4) is 5.75 Å². The highest BCUT2D eigenvalue weighted by atomic mass is 32.2. The van der Waals surface area contributed by atoms with E-state index in [1.54, 1.807) is 38.3 Å². The summed E-state index contributed by atoms with van der Waals surface area (Å²) in [5.74, 6) is 1.32. The van der Waals surface area contributed by atoms with Crippen molar-refractivity contribution in [1.82, 2.24) is 5.16 Å². The first-order chi connectivity index (χ1) is 21.1. The molecule has 44 heavy (non-hydrogen) atoms. The first kappa shape index (κ1) is 30.2. The molecule has 0 saturated heterocycles. The number of nitro benzene ring substituents is 1. The van der Waals surface area contributed by atoms with Gasteiger partial charge in [0.25, 0.3) is 15.7 Å². The van der Waals surface area contributed by atoms with E-state index in [-0.39, 0.29) is 28.6 Å². The first-order valence-electron chi connectivity index (χ1n) is 13.7. The summed E-state index contributed by atoms with van der Waals surface area (Å²) in [6, 6.07) is 24.9. The molecular weight excluding hydrogens is 584 g/mol. The Balaban J connectivity index is 1.29. The van der Waals surface area contributed by atoms with Gasteiger partial charge < -0.3 is 14.6 Å². The quantitative estimate of drug-likeness (QED) is 0.110. The zero-order valence-corrected chi connectivity index (χ0v) is 24.8. The lowest BCUT2D eigenvalue weighted by atomic mass is 9.96. The first-order valence-corrected chi connectivity index (χ1v) is 15.2. The monoisotopic (exact) mass is 614 g/mol. The van der Waals surface area contributed by atoms with Gasteiger partial charge in [0, 0.05) is 36.7 Å². The molecule has 5 rings (SSSR count). The van der Waals surface area contributed by atoms with Gasteiger partial charge >= 0.3 is 0 Å². The van der Waals surface area contributed by atoms with Crippen molar-refractivity contribution in [2.45, 2.75) is 37.1 Å². The van der Waals surface area contributed by atoms with Gasteiger partial charge in [0.2, 0.25) is 0 Å². The number of sulfonamides is 1. The number of aromatic nitrogens is 1. The Kier molecular flexibility index (Phi) is 8.91. The maximum absolute atomic E-state index is 13.2. The molecule has 0 aliphatic carbocycles. The second kappa shape index (κ2) is 13.0. The summed E-state index contributed by atoms with van der Waals surface area (Å²) >= 11 is 0. The lowest BCUT2D eigenvalue weighted by molar-refractivity contribution is -0.384. The van der Waals surface area contributed by atoms with Crippen molar-refractivity contribution in [3.63, 3.8) is 0 Å². The number of aryl methyl sites for hydroxylation is 2. The summed E-state index contributed by atoms with van der Waals surface area (Å²) < 4.78 is 38.1. The minimum absolute atomic E-state index is 0.00184. The Hall–Kier alpha value is -5.23. The van der Waals surface area contributed by atoms with Crippen LogP contribution in [0.25, 0.3) is 10.8 Å². The van der Waals surface area contributed by atoms with Crippen LogP contribution in [0.3, 0.4) is 0 Å². The molecule has 11 nitrogen and oxygen atoms in total. The van der Waals surface area contributed by atoms with E-state index in [9.17, 15) is 23.3 Å². The molecule has 0 saturated carbocycles. The Morgan fingerprint density at radius 2 is 1.68 bits per heavy atom. The molecule has 0 bridgehead atoms. The van der Waals surface area contributed by atoms with E-state index in [0.29, 0.717) is 29.9 Å². The number of hydrogen-bond acceptors (Lipinski definition) is 9. The standard InChI is InChI=1S/C32H30N4O7S/c1-21-17-32(34-43-21)35-44(40,41)30-15-9-26(10-16-30)33-31(23-6-11-27(12-7-23)36(38)39)20-28(37)13-4-22-3-5-25-19-29(42-2)14-8-24(25)18-22/h3,5-12,14-19,31,33H,4,13,20H2,1-2H3,(H,34,35). The van der Waals surface area contributed by atoms with Crippen LogP contribution in [0.1, 0.15) is 35.8 Å².